The van der Waals surface area contributed by atoms with E-state index in [-0.39, 0.29) is 6.42 Å². The van der Waals surface area contributed by atoms with Crippen LogP contribution in [0.3, 0.4) is 0 Å². The van der Waals surface area contributed by atoms with Crippen molar-refractivity contribution in [2.45, 2.75) is 18.6 Å². The lowest BCUT2D eigenvalue weighted by molar-refractivity contribution is 0.0654. The summed E-state index contributed by atoms with van der Waals surface area (Å²) >= 11 is 0. The second-order valence-corrected chi connectivity index (χ2v) is 4.60. The molecule has 0 fully saturated rings. The molecular formula is C15H12F2O2. The molecule has 98 valence electrons. The number of fused-ring (bicyclic) bond motifs is 1. The van der Waals surface area contributed by atoms with Crippen LogP contribution in [0.2, 0.25) is 0 Å². The Morgan fingerprint density at radius 3 is 2.47 bits per heavy atom. The van der Waals surface area contributed by atoms with Crippen LogP contribution in [0.1, 0.15) is 29.8 Å². The largest absolute Gasteiger partial charge is 0.485 e. The summed E-state index contributed by atoms with van der Waals surface area (Å²) in [6.45, 7) is 0. The first-order valence-electron chi connectivity index (χ1n) is 6.03. The van der Waals surface area contributed by atoms with Gasteiger partial charge >= 0.3 is 0 Å². The van der Waals surface area contributed by atoms with Crippen molar-refractivity contribution in [1.29, 1.82) is 0 Å². The van der Waals surface area contributed by atoms with Crippen LogP contribution in [0, 0.1) is 11.6 Å². The van der Waals surface area contributed by atoms with Crippen molar-refractivity contribution in [2.75, 3.05) is 0 Å². The van der Waals surface area contributed by atoms with Gasteiger partial charge in [-0.3, -0.25) is 0 Å². The average molecular weight is 262 g/mol. The minimum absolute atomic E-state index is 0.278. The van der Waals surface area contributed by atoms with Crippen LogP contribution in [0.15, 0.2) is 42.5 Å². The maximum atomic E-state index is 13.2. The Morgan fingerprint density at radius 1 is 1.05 bits per heavy atom. The Bertz CT molecular complexity index is 593. The monoisotopic (exact) mass is 262 g/mol. The van der Waals surface area contributed by atoms with E-state index in [0.29, 0.717) is 16.9 Å². The molecule has 2 aromatic rings. The molecule has 0 saturated carbocycles. The summed E-state index contributed by atoms with van der Waals surface area (Å²) in [5.74, 6) is -0.741. The number of hydrogen-bond donors (Lipinski definition) is 1. The van der Waals surface area contributed by atoms with Gasteiger partial charge in [0, 0.05) is 18.1 Å². The molecule has 4 heteroatoms. The van der Waals surface area contributed by atoms with Crippen LogP contribution in [-0.4, -0.2) is 5.11 Å². The Morgan fingerprint density at radius 2 is 1.74 bits per heavy atom. The molecule has 0 aliphatic carbocycles. The number of halogens is 2. The third-order valence-corrected chi connectivity index (χ3v) is 3.24. The van der Waals surface area contributed by atoms with Gasteiger partial charge in [-0.15, -0.1) is 0 Å². The van der Waals surface area contributed by atoms with Crippen molar-refractivity contribution in [2.24, 2.45) is 0 Å². The summed E-state index contributed by atoms with van der Waals surface area (Å²) in [7, 11) is 0. The zero-order valence-electron chi connectivity index (χ0n) is 10.0. The highest BCUT2D eigenvalue weighted by Crippen LogP contribution is 2.40. The SMILES string of the molecule is O[C@@H]1CC(c2cc(F)cc(F)c2)Oc2ccccc21. The van der Waals surface area contributed by atoms with E-state index in [1.807, 2.05) is 6.07 Å². The first kappa shape index (κ1) is 12.1. The minimum atomic E-state index is -0.693. The number of para-hydroxylation sites is 1. The quantitative estimate of drug-likeness (QED) is 0.852. The van der Waals surface area contributed by atoms with Crippen LogP contribution in [0.25, 0.3) is 0 Å². The normalized spacial score (nSPS) is 21.6. The third-order valence-electron chi connectivity index (χ3n) is 3.24. The zero-order chi connectivity index (χ0) is 13.4. The number of ether oxygens (including phenoxy) is 1. The van der Waals surface area contributed by atoms with Crippen LogP contribution >= 0.6 is 0 Å². The molecule has 1 heterocycles. The van der Waals surface area contributed by atoms with Gasteiger partial charge in [-0.25, -0.2) is 8.78 Å². The summed E-state index contributed by atoms with van der Waals surface area (Å²) in [5, 5.41) is 10.1. The van der Waals surface area contributed by atoms with Gasteiger partial charge in [0.2, 0.25) is 0 Å². The molecule has 2 atom stereocenters. The van der Waals surface area contributed by atoms with Gasteiger partial charge in [0.25, 0.3) is 0 Å². The fourth-order valence-corrected chi connectivity index (χ4v) is 2.36. The van der Waals surface area contributed by atoms with E-state index < -0.39 is 23.8 Å². The first-order valence-corrected chi connectivity index (χ1v) is 6.03. The summed E-state index contributed by atoms with van der Waals surface area (Å²) in [5.41, 5.74) is 1.10. The second-order valence-electron chi connectivity index (χ2n) is 4.60. The summed E-state index contributed by atoms with van der Waals surface area (Å²) < 4.78 is 32.1. The molecule has 1 aliphatic rings. The zero-order valence-corrected chi connectivity index (χ0v) is 10.0. The lowest BCUT2D eigenvalue weighted by Crippen LogP contribution is -2.19. The lowest BCUT2D eigenvalue weighted by atomic mass is 9.95. The highest BCUT2D eigenvalue weighted by molar-refractivity contribution is 5.38. The smallest absolute Gasteiger partial charge is 0.127 e. The molecule has 1 aliphatic heterocycles. The molecule has 0 amide bonds. The Balaban J connectivity index is 1.96. The number of hydrogen-bond acceptors (Lipinski definition) is 2. The summed E-state index contributed by atoms with van der Waals surface area (Å²) in [4.78, 5) is 0. The highest BCUT2D eigenvalue weighted by atomic mass is 19.1. The molecule has 1 unspecified atom stereocenters. The average Bonchev–Trinajstić information content (AvgIpc) is 2.37. The van der Waals surface area contributed by atoms with Crippen molar-refractivity contribution in [3.05, 3.63) is 65.2 Å². The van der Waals surface area contributed by atoms with E-state index >= 15 is 0 Å². The van der Waals surface area contributed by atoms with Crippen LogP contribution < -0.4 is 4.74 Å². The highest BCUT2D eigenvalue weighted by Gasteiger charge is 2.28. The first-order chi connectivity index (χ1) is 9.13. The third kappa shape index (κ3) is 2.31. The second kappa shape index (κ2) is 4.63. The molecule has 0 saturated heterocycles. The number of benzene rings is 2. The molecule has 0 radical (unpaired) electrons. The van der Waals surface area contributed by atoms with Crippen LogP contribution in [0.4, 0.5) is 8.78 Å². The predicted octanol–water partition coefficient (Wildman–Crippen LogP) is 3.52. The van der Waals surface area contributed by atoms with Crippen molar-refractivity contribution >= 4 is 0 Å². The molecule has 2 aromatic carbocycles. The Labute approximate surface area is 109 Å². The molecular weight excluding hydrogens is 250 g/mol. The van der Waals surface area contributed by atoms with Gasteiger partial charge in [-0.1, -0.05) is 18.2 Å². The van der Waals surface area contributed by atoms with Gasteiger partial charge in [0.05, 0.1) is 6.10 Å². The molecule has 2 nitrogen and oxygen atoms in total. The van der Waals surface area contributed by atoms with Gasteiger partial charge < -0.3 is 9.84 Å². The molecule has 1 N–H and O–H groups in total. The molecule has 0 bridgehead atoms. The number of aliphatic hydroxyl groups is 1. The van der Waals surface area contributed by atoms with E-state index in [0.717, 1.165) is 6.07 Å². The predicted molar refractivity (Wildman–Crippen MR) is 65.7 cm³/mol. The van der Waals surface area contributed by atoms with Crippen LogP contribution in [0.5, 0.6) is 5.75 Å². The number of aliphatic hydroxyl groups excluding tert-OH is 1. The van der Waals surface area contributed by atoms with Crippen LogP contribution in [-0.2, 0) is 0 Å². The van der Waals surface area contributed by atoms with E-state index in [9.17, 15) is 13.9 Å². The summed E-state index contributed by atoms with van der Waals surface area (Å²) in [6.07, 6.45) is -0.962. The molecule has 0 spiro atoms. The van der Waals surface area contributed by atoms with Gasteiger partial charge in [0.15, 0.2) is 0 Å². The van der Waals surface area contributed by atoms with Gasteiger partial charge in [0.1, 0.15) is 23.5 Å². The fraction of sp³-hybridized carbons (Fsp3) is 0.200. The Hall–Kier alpha value is -1.94. The Kier molecular flexibility index (Phi) is 2.95. The van der Waals surface area contributed by atoms with Gasteiger partial charge in [-0.2, -0.15) is 0 Å². The topological polar surface area (TPSA) is 29.5 Å². The maximum absolute atomic E-state index is 13.2. The van der Waals surface area contributed by atoms with Gasteiger partial charge in [-0.05, 0) is 23.8 Å². The van der Waals surface area contributed by atoms with E-state index in [1.165, 1.54) is 12.1 Å². The molecule has 0 aromatic heterocycles. The van der Waals surface area contributed by atoms with E-state index in [2.05, 4.69) is 0 Å². The lowest BCUT2D eigenvalue weighted by Gasteiger charge is -2.29. The number of rotatable bonds is 1. The van der Waals surface area contributed by atoms with Crippen molar-refractivity contribution < 1.29 is 18.6 Å². The summed E-state index contributed by atoms with van der Waals surface area (Å²) in [6, 6.07) is 10.4. The van der Waals surface area contributed by atoms with Crippen molar-refractivity contribution in [3.8, 4) is 5.75 Å². The van der Waals surface area contributed by atoms with Crippen molar-refractivity contribution in [1.82, 2.24) is 0 Å². The van der Waals surface area contributed by atoms with Crippen molar-refractivity contribution in [3.63, 3.8) is 0 Å². The molecule has 3 rings (SSSR count). The standard InChI is InChI=1S/C15H12F2O2/c16-10-5-9(6-11(17)7-10)15-8-13(18)12-3-1-2-4-14(12)19-15/h1-7,13,15,18H,8H2/t13-,15?/m1/s1. The minimum Gasteiger partial charge on any atom is -0.485 e. The van der Waals surface area contributed by atoms with E-state index in [4.69, 9.17) is 4.74 Å². The fourth-order valence-electron chi connectivity index (χ4n) is 2.36. The maximum Gasteiger partial charge on any atom is 0.127 e. The molecule has 19 heavy (non-hydrogen) atoms. The van der Waals surface area contributed by atoms with E-state index in [1.54, 1.807) is 18.2 Å².